The van der Waals surface area contributed by atoms with E-state index in [4.69, 9.17) is 0 Å². The summed E-state index contributed by atoms with van der Waals surface area (Å²) in [7, 11) is -3.86. The SMILES string of the molecule is CC(C)CCNC(=O)C1(C)CN(S(=O)(=O)c2ccccc2)CC(=O)N1C1CC1. The molecule has 8 heteroatoms. The third-order valence-electron chi connectivity index (χ3n) is 5.39. The first-order valence-corrected chi connectivity index (χ1v) is 11.3. The lowest BCUT2D eigenvalue weighted by molar-refractivity contribution is -0.153. The Hall–Kier alpha value is -1.93. The smallest absolute Gasteiger partial charge is 0.247 e. The number of benzene rings is 1. The second-order valence-electron chi connectivity index (χ2n) is 8.29. The molecule has 1 atom stereocenters. The van der Waals surface area contributed by atoms with Gasteiger partial charge >= 0.3 is 0 Å². The Morgan fingerprint density at radius 2 is 1.89 bits per heavy atom. The lowest BCUT2D eigenvalue weighted by Gasteiger charge is -2.47. The lowest BCUT2D eigenvalue weighted by Crippen LogP contribution is -2.70. The molecule has 1 saturated heterocycles. The Kier molecular flexibility index (Phi) is 5.82. The number of amides is 2. The second-order valence-corrected chi connectivity index (χ2v) is 10.2. The first kappa shape index (κ1) is 20.8. The number of sulfonamides is 1. The lowest BCUT2D eigenvalue weighted by atomic mass is 9.95. The molecule has 1 unspecified atom stereocenters. The minimum absolute atomic E-state index is 0.0231. The van der Waals surface area contributed by atoms with Crippen molar-refractivity contribution in [3.8, 4) is 0 Å². The van der Waals surface area contributed by atoms with Crippen molar-refractivity contribution < 1.29 is 18.0 Å². The minimum Gasteiger partial charge on any atom is -0.354 e. The average molecular weight is 408 g/mol. The number of nitrogens with one attached hydrogen (secondary N) is 1. The van der Waals surface area contributed by atoms with Gasteiger partial charge in [-0.05, 0) is 44.2 Å². The van der Waals surface area contributed by atoms with Gasteiger partial charge in [-0.1, -0.05) is 32.0 Å². The van der Waals surface area contributed by atoms with E-state index in [1.165, 1.54) is 12.1 Å². The minimum atomic E-state index is -3.86. The summed E-state index contributed by atoms with van der Waals surface area (Å²) in [4.78, 5) is 27.7. The van der Waals surface area contributed by atoms with Crippen LogP contribution < -0.4 is 5.32 Å². The molecule has 0 radical (unpaired) electrons. The highest BCUT2D eigenvalue weighted by Gasteiger charge is 2.54. The van der Waals surface area contributed by atoms with E-state index in [1.54, 1.807) is 30.0 Å². The summed E-state index contributed by atoms with van der Waals surface area (Å²) in [6, 6.07) is 8.07. The van der Waals surface area contributed by atoms with Crippen LogP contribution >= 0.6 is 0 Å². The Labute approximate surface area is 167 Å². The van der Waals surface area contributed by atoms with Gasteiger partial charge in [-0.2, -0.15) is 4.31 Å². The molecule has 3 rings (SSSR count). The molecular formula is C20H29N3O4S. The molecule has 28 heavy (non-hydrogen) atoms. The third kappa shape index (κ3) is 4.07. The molecular weight excluding hydrogens is 378 g/mol. The molecule has 1 N–H and O–H groups in total. The fourth-order valence-electron chi connectivity index (χ4n) is 3.67. The predicted octanol–water partition coefficient (Wildman–Crippen LogP) is 1.60. The fraction of sp³-hybridized carbons (Fsp3) is 0.600. The van der Waals surface area contributed by atoms with E-state index in [0.29, 0.717) is 12.5 Å². The quantitative estimate of drug-likeness (QED) is 0.744. The van der Waals surface area contributed by atoms with Gasteiger partial charge in [0.15, 0.2) is 0 Å². The maximum atomic E-state index is 13.1. The molecule has 1 saturated carbocycles. The van der Waals surface area contributed by atoms with E-state index in [2.05, 4.69) is 19.2 Å². The van der Waals surface area contributed by atoms with Crippen molar-refractivity contribution in [2.45, 2.75) is 56.5 Å². The zero-order valence-electron chi connectivity index (χ0n) is 16.7. The van der Waals surface area contributed by atoms with Gasteiger partial charge in [0.25, 0.3) is 0 Å². The number of hydrogen-bond donors (Lipinski definition) is 1. The summed E-state index contributed by atoms with van der Waals surface area (Å²) in [6.45, 7) is 6.05. The summed E-state index contributed by atoms with van der Waals surface area (Å²) in [5, 5.41) is 2.91. The van der Waals surface area contributed by atoms with E-state index >= 15 is 0 Å². The summed E-state index contributed by atoms with van der Waals surface area (Å²) in [6.07, 6.45) is 2.53. The highest BCUT2D eigenvalue weighted by atomic mass is 32.2. The molecule has 2 fully saturated rings. The monoisotopic (exact) mass is 407 g/mol. The number of rotatable bonds is 7. The van der Waals surface area contributed by atoms with Crippen molar-refractivity contribution >= 4 is 21.8 Å². The maximum absolute atomic E-state index is 13.1. The highest BCUT2D eigenvalue weighted by molar-refractivity contribution is 7.89. The number of nitrogens with zero attached hydrogens (tertiary/aromatic N) is 2. The van der Waals surface area contributed by atoms with Crippen LogP contribution in [0.15, 0.2) is 35.2 Å². The molecule has 1 heterocycles. The standard InChI is InChI=1S/C20H29N3O4S/c1-15(2)11-12-21-19(25)20(3)14-22(13-18(24)23(20)16-9-10-16)28(26,27)17-7-5-4-6-8-17/h4-8,15-16H,9-14H2,1-3H3,(H,21,25). The molecule has 1 aromatic carbocycles. The van der Waals surface area contributed by atoms with Crippen molar-refractivity contribution in [1.82, 2.24) is 14.5 Å². The van der Waals surface area contributed by atoms with Crippen LogP contribution in [-0.4, -0.2) is 60.7 Å². The molecule has 1 aliphatic carbocycles. The van der Waals surface area contributed by atoms with E-state index in [1.807, 2.05) is 0 Å². The van der Waals surface area contributed by atoms with Crippen molar-refractivity contribution in [3.05, 3.63) is 30.3 Å². The topological polar surface area (TPSA) is 86.8 Å². The average Bonchev–Trinajstić information content (AvgIpc) is 3.46. The maximum Gasteiger partial charge on any atom is 0.247 e. The molecule has 1 aromatic rings. The van der Waals surface area contributed by atoms with E-state index in [0.717, 1.165) is 23.6 Å². The van der Waals surface area contributed by atoms with Crippen molar-refractivity contribution in [2.75, 3.05) is 19.6 Å². The van der Waals surface area contributed by atoms with Gasteiger partial charge in [-0.15, -0.1) is 0 Å². The van der Waals surface area contributed by atoms with Crippen molar-refractivity contribution in [1.29, 1.82) is 0 Å². The van der Waals surface area contributed by atoms with Crippen LogP contribution in [0.25, 0.3) is 0 Å². The molecule has 2 amide bonds. The van der Waals surface area contributed by atoms with Gasteiger partial charge in [0.1, 0.15) is 5.54 Å². The molecule has 154 valence electrons. The first-order valence-electron chi connectivity index (χ1n) is 9.82. The first-order chi connectivity index (χ1) is 13.2. The van der Waals surface area contributed by atoms with Gasteiger partial charge < -0.3 is 10.2 Å². The summed E-state index contributed by atoms with van der Waals surface area (Å²) >= 11 is 0. The Bertz CT molecular complexity index is 836. The second kappa shape index (κ2) is 7.83. The summed E-state index contributed by atoms with van der Waals surface area (Å²) < 4.78 is 27.3. The van der Waals surface area contributed by atoms with Gasteiger partial charge in [-0.25, -0.2) is 8.42 Å². The summed E-state index contributed by atoms with van der Waals surface area (Å²) in [5.74, 6) is -0.160. The number of carbonyl (C=O) groups excluding carboxylic acids is 2. The molecule has 0 bridgehead atoms. The largest absolute Gasteiger partial charge is 0.354 e. The Morgan fingerprint density at radius 1 is 1.25 bits per heavy atom. The van der Waals surface area contributed by atoms with E-state index < -0.39 is 15.6 Å². The fourth-order valence-corrected chi connectivity index (χ4v) is 5.18. The van der Waals surface area contributed by atoms with Gasteiger partial charge in [0, 0.05) is 19.1 Å². The molecule has 1 aliphatic heterocycles. The molecule has 0 aromatic heterocycles. The van der Waals surface area contributed by atoms with Gasteiger partial charge in [0.05, 0.1) is 11.4 Å². The Morgan fingerprint density at radius 3 is 2.46 bits per heavy atom. The number of carbonyl (C=O) groups is 2. The van der Waals surface area contributed by atoms with Gasteiger partial charge in [0.2, 0.25) is 21.8 Å². The van der Waals surface area contributed by atoms with Crippen LogP contribution in [0.1, 0.15) is 40.0 Å². The van der Waals surface area contributed by atoms with Crippen LogP contribution in [0.5, 0.6) is 0 Å². The molecule has 2 aliphatic rings. The van der Waals surface area contributed by atoms with E-state index in [-0.39, 0.29) is 35.8 Å². The molecule has 7 nitrogen and oxygen atoms in total. The number of hydrogen-bond acceptors (Lipinski definition) is 4. The summed E-state index contributed by atoms with van der Waals surface area (Å²) in [5.41, 5.74) is -1.21. The van der Waals surface area contributed by atoms with Crippen LogP contribution in [0.4, 0.5) is 0 Å². The van der Waals surface area contributed by atoms with Crippen LogP contribution in [0, 0.1) is 5.92 Å². The van der Waals surface area contributed by atoms with E-state index in [9.17, 15) is 18.0 Å². The number of piperazine rings is 1. The zero-order valence-corrected chi connectivity index (χ0v) is 17.5. The molecule has 0 spiro atoms. The van der Waals surface area contributed by atoms with Crippen molar-refractivity contribution in [2.24, 2.45) is 5.92 Å². The normalized spacial score (nSPS) is 23.9. The Balaban J connectivity index is 1.87. The highest BCUT2D eigenvalue weighted by Crippen LogP contribution is 2.37. The predicted molar refractivity (Wildman–Crippen MR) is 106 cm³/mol. The van der Waals surface area contributed by atoms with Crippen LogP contribution in [0.2, 0.25) is 0 Å². The van der Waals surface area contributed by atoms with Crippen LogP contribution in [0.3, 0.4) is 0 Å². The third-order valence-corrected chi connectivity index (χ3v) is 7.19. The zero-order chi connectivity index (χ0) is 20.5. The van der Waals surface area contributed by atoms with Gasteiger partial charge in [-0.3, -0.25) is 9.59 Å². The van der Waals surface area contributed by atoms with Crippen LogP contribution in [-0.2, 0) is 19.6 Å². The van der Waals surface area contributed by atoms with Crippen molar-refractivity contribution in [3.63, 3.8) is 0 Å².